The van der Waals surface area contributed by atoms with Gasteiger partial charge in [0.25, 0.3) is 5.91 Å². The number of hydrogen-bond donors (Lipinski definition) is 1. The van der Waals surface area contributed by atoms with Gasteiger partial charge in [0.05, 0.1) is 25.7 Å². The highest BCUT2D eigenvalue weighted by Gasteiger charge is 2.13. The first-order valence-corrected chi connectivity index (χ1v) is 8.90. The highest BCUT2D eigenvalue weighted by molar-refractivity contribution is 7.99. The molecule has 25 heavy (non-hydrogen) atoms. The van der Waals surface area contributed by atoms with Gasteiger partial charge in [-0.05, 0) is 24.6 Å². The standard InChI is InChI=1S/C19H22N2O3S/c1-14(25-13-15-8-5-4-6-9-15)19(22)21-20-12-16-10-7-11-17(23-2)18(16)24-3/h4-12,14H,13H2,1-3H3,(H,21,22)/b20-12+. The summed E-state index contributed by atoms with van der Waals surface area (Å²) in [5.74, 6) is 1.83. The summed E-state index contributed by atoms with van der Waals surface area (Å²) in [5, 5.41) is 3.82. The monoisotopic (exact) mass is 358 g/mol. The Morgan fingerprint density at radius 1 is 1.16 bits per heavy atom. The van der Waals surface area contributed by atoms with Crippen LogP contribution in [0.25, 0.3) is 0 Å². The van der Waals surface area contributed by atoms with Crippen molar-refractivity contribution in [2.24, 2.45) is 5.10 Å². The summed E-state index contributed by atoms with van der Waals surface area (Å²) in [6.07, 6.45) is 1.55. The minimum atomic E-state index is -0.204. The SMILES string of the molecule is COc1cccc(/C=N/NC(=O)C(C)SCc2ccccc2)c1OC. The number of para-hydroxylation sites is 1. The van der Waals surface area contributed by atoms with Gasteiger partial charge >= 0.3 is 0 Å². The molecule has 0 aliphatic heterocycles. The van der Waals surface area contributed by atoms with Gasteiger partial charge in [-0.15, -0.1) is 11.8 Å². The van der Waals surface area contributed by atoms with Crippen molar-refractivity contribution in [3.8, 4) is 11.5 Å². The Morgan fingerprint density at radius 3 is 2.60 bits per heavy atom. The number of hydrogen-bond acceptors (Lipinski definition) is 5. The van der Waals surface area contributed by atoms with E-state index >= 15 is 0 Å². The molecule has 0 radical (unpaired) electrons. The Kier molecular flexibility index (Phi) is 7.35. The number of rotatable bonds is 8. The second-order valence-corrected chi connectivity index (χ2v) is 6.58. The fourth-order valence-corrected chi connectivity index (χ4v) is 2.98. The van der Waals surface area contributed by atoms with Crippen molar-refractivity contribution in [2.45, 2.75) is 17.9 Å². The number of carbonyl (C=O) groups excluding carboxylic acids is 1. The zero-order valence-electron chi connectivity index (χ0n) is 14.6. The molecule has 0 aromatic heterocycles. The molecule has 1 N–H and O–H groups in total. The van der Waals surface area contributed by atoms with E-state index in [-0.39, 0.29) is 11.2 Å². The van der Waals surface area contributed by atoms with Crippen molar-refractivity contribution >= 4 is 23.9 Å². The molecule has 0 bridgehead atoms. The first-order chi connectivity index (χ1) is 12.2. The first kappa shape index (κ1) is 18.9. The highest BCUT2D eigenvalue weighted by Crippen LogP contribution is 2.29. The molecule has 0 saturated heterocycles. The molecule has 0 spiro atoms. The summed E-state index contributed by atoms with van der Waals surface area (Å²) in [5.41, 5.74) is 4.49. The van der Waals surface area contributed by atoms with Crippen LogP contribution in [-0.4, -0.2) is 31.6 Å². The van der Waals surface area contributed by atoms with Crippen molar-refractivity contribution in [1.82, 2.24) is 5.43 Å². The molecule has 0 aliphatic carbocycles. The third-order valence-electron chi connectivity index (χ3n) is 3.52. The first-order valence-electron chi connectivity index (χ1n) is 7.85. The predicted octanol–water partition coefficient (Wildman–Crippen LogP) is 3.48. The smallest absolute Gasteiger partial charge is 0.252 e. The zero-order valence-corrected chi connectivity index (χ0v) is 15.4. The molecule has 1 amide bonds. The maximum absolute atomic E-state index is 12.1. The van der Waals surface area contributed by atoms with Crippen LogP contribution < -0.4 is 14.9 Å². The van der Waals surface area contributed by atoms with E-state index in [9.17, 15) is 4.79 Å². The maximum atomic E-state index is 12.1. The van der Waals surface area contributed by atoms with E-state index in [4.69, 9.17) is 9.47 Å². The number of thioether (sulfide) groups is 1. The summed E-state index contributed by atoms with van der Waals surface area (Å²) >= 11 is 1.57. The van der Waals surface area contributed by atoms with Gasteiger partial charge < -0.3 is 9.47 Å². The number of nitrogens with zero attached hydrogens (tertiary/aromatic N) is 1. The summed E-state index contributed by atoms with van der Waals surface area (Å²) in [7, 11) is 3.14. The van der Waals surface area contributed by atoms with Crippen LogP contribution in [0.1, 0.15) is 18.1 Å². The minimum absolute atomic E-state index is 0.140. The molecule has 2 rings (SSSR count). The number of nitrogens with one attached hydrogen (secondary N) is 1. The van der Waals surface area contributed by atoms with Crippen LogP contribution in [0, 0.1) is 0 Å². The second kappa shape index (κ2) is 9.74. The lowest BCUT2D eigenvalue weighted by molar-refractivity contribution is -0.120. The number of hydrazone groups is 1. The lowest BCUT2D eigenvalue weighted by Gasteiger charge is -2.10. The molecule has 132 valence electrons. The molecule has 0 heterocycles. The lowest BCUT2D eigenvalue weighted by atomic mass is 10.2. The van der Waals surface area contributed by atoms with Gasteiger partial charge in [0.2, 0.25) is 0 Å². The summed E-state index contributed by atoms with van der Waals surface area (Å²) in [6, 6.07) is 15.5. The van der Waals surface area contributed by atoms with Crippen LogP contribution in [-0.2, 0) is 10.5 Å². The van der Waals surface area contributed by atoms with E-state index in [1.807, 2.05) is 49.4 Å². The van der Waals surface area contributed by atoms with E-state index in [0.29, 0.717) is 11.5 Å². The van der Waals surface area contributed by atoms with Gasteiger partial charge in [-0.1, -0.05) is 36.4 Å². The van der Waals surface area contributed by atoms with Crippen LogP contribution in [0.3, 0.4) is 0 Å². The molecule has 6 heteroatoms. The number of methoxy groups -OCH3 is 2. The van der Waals surface area contributed by atoms with E-state index in [1.54, 1.807) is 38.3 Å². The zero-order chi connectivity index (χ0) is 18.1. The van der Waals surface area contributed by atoms with Crippen LogP contribution in [0.4, 0.5) is 0 Å². The fraction of sp³-hybridized carbons (Fsp3) is 0.263. The second-order valence-electron chi connectivity index (χ2n) is 5.26. The molecule has 0 saturated carbocycles. The average Bonchev–Trinajstić information content (AvgIpc) is 2.66. The van der Waals surface area contributed by atoms with Gasteiger partial charge in [0.15, 0.2) is 11.5 Å². The van der Waals surface area contributed by atoms with E-state index < -0.39 is 0 Å². The third-order valence-corrected chi connectivity index (χ3v) is 4.74. The molecule has 0 aliphatic rings. The Labute approximate surface area is 152 Å². The van der Waals surface area contributed by atoms with Gasteiger partial charge in [0, 0.05) is 11.3 Å². The fourth-order valence-electron chi connectivity index (χ4n) is 2.14. The molecule has 1 atom stereocenters. The van der Waals surface area contributed by atoms with E-state index in [2.05, 4.69) is 10.5 Å². The van der Waals surface area contributed by atoms with Crippen LogP contribution in [0.15, 0.2) is 53.6 Å². The number of benzene rings is 2. The molecular formula is C19H22N2O3S. The van der Waals surface area contributed by atoms with Crippen LogP contribution in [0.2, 0.25) is 0 Å². The Morgan fingerprint density at radius 2 is 1.92 bits per heavy atom. The summed E-state index contributed by atoms with van der Waals surface area (Å²) in [4.78, 5) is 12.1. The topological polar surface area (TPSA) is 59.9 Å². The minimum Gasteiger partial charge on any atom is -0.493 e. The lowest BCUT2D eigenvalue weighted by Crippen LogP contribution is -2.27. The number of ether oxygens (including phenoxy) is 2. The molecule has 0 fully saturated rings. The Bertz CT molecular complexity index is 720. The normalized spacial score (nSPS) is 12.0. The van der Waals surface area contributed by atoms with Gasteiger partial charge in [-0.25, -0.2) is 5.43 Å². The Hall–Kier alpha value is -2.47. The van der Waals surface area contributed by atoms with Gasteiger partial charge in [-0.3, -0.25) is 4.79 Å². The van der Waals surface area contributed by atoms with Crippen molar-refractivity contribution in [3.05, 3.63) is 59.7 Å². The summed E-state index contributed by atoms with van der Waals surface area (Å²) < 4.78 is 10.6. The summed E-state index contributed by atoms with van der Waals surface area (Å²) in [6.45, 7) is 1.87. The number of amides is 1. The Balaban J connectivity index is 1.89. The third kappa shape index (κ3) is 5.53. The molecule has 1 unspecified atom stereocenters. The predicted molar refractivity (Wildman–Crippen MR) is 102 cm³/mol. The van der Waals surface area contributed by atoms with Crippen molar-refractivity contribution in [1.29, 1.82) is 0 Å². The largest absolute Gasteiger partial charge is 0.493 e. The molecule has 2 aromatic carbocycles. The van der Waals surface area contributed by atoms with Gasteiger partial charge in [-0.2, -0.15) is 5.10 Å². The van der Waals surface area contributed by atoms with Crippen LogP contribution in [0.5, 0.6) is 11.5 Å². The van der Waals surface area contributed by atoms with E-state index in [1.165, 1.54) is 5.56 Å². The molecule has 5 nitrogen and oxygen atoms in total. The average molecular weight is 358 g/mol. The number of carbonyl (C=O) groups is 1. The van der Waals surface area contributed by atoms with E-state index in [0.717, 1.165) is 11.3 Å². The quantitative estimate of drug-likeness (QED) is 0.580. The van der Waals surface area contributed by atoms with Crippen molar-refractivity contribution in [3.63, 3.8) is 0 Å². The highest BCUT2D eigenvalue weighted by atomic mass is 32.2. The van der Waals surface area contributed by atoms with Crippen LogP contribution >= 0.6 is 11.8 Å². The van der Waals surface area contributed by atoms with Crippen molar-refractivity contribution in [2.75, 3.05) is 14.2 Å². The maximum Gasteiger partial charge on any atom is 0.252 e. The molecular weight excluding hydrogens is 336 g/mol. The van der Waals surface area contributed by atoms with Gasteiger partial charge in [0.1, 0.15) is 0 Å². The molecule has 2 aromatic rings. The van der Waals surface area contributed by atoms with Crippen molar-refractivity contribution < 1.29 is 14.3 Å².